The maximum Gasteiger partial charge on any atom is 0.284 e. The van der Waals surface area contributed by atoms with Crippen LogP contribution < -0.4 is 15.5 Å². The number of amides is 2. The minimum atomic E-state index is -0.810. The highest BCUT2D eigenvalue weighted by Gasteiger charge is 2.24. The first kappa shape index (κ1) is 25.2. The van der Waals surface area contributed by atoms with Crippen molar-refractivity contribution >= 4 is 23.7 Å². The molecule has 0 radical (unpaired) electrons. The number of nitrogens with one attached hydrogen (secondary N) is 2. The van der Waals surface area contributed by atoms with E-state index in [1.807, 2.05) is 32.9 Å². The summed E-state index contributed by atoms with van der Waals surface area (Å²) in [6.45, 7) is 5.54. The molecule has 1 unspecified atom stereocenters. The zero-order chi connectivity index (χ0) is 25.5. The number of nitrogens with zero attached hydrogens (tertiary/aromatic N) is 2. The van der Waals surface area contributed by atoms with E-state index in [0.29, 0.717) is 11.3 Å². The Morgan fingerprint density at radius 3 is 2.46 bits per heavy atom. The Balaban J connectivity index is 1.67. The van der Waals surface area contributed by atoms with Crippen molar-refractivity contribution in [3.63, 3.8) is 0 Å². The first-order chi connectivity index (χ1) is 16.7. The highest BCUT2D eigenvalue weighted by Crippen LogP contribution is 2.33. The molecule has 10 heteroatoms. The number of rotatable bonds is 9. The number of benzene rings is 2. The molecule has 0 fully saturated rings. The van der Waals surface area contributed by atoms with Crippen LogP contribution in [0, 0.1) is 23.0 Å². The van der Waals surface area contributed by atoms with Crippen LogP contribution in [0.5, 0.6) is 5.75 Å². The van der Waals surface area contributed by atoms with Gasteiger partial charge in [-0.15, -0.1) is 0 Å². The van der Waals surface area contributed by atoms with Gasteiger partial charge < -0.3 is 14.5 Å². The van der Waals surface area contributed by atoms with Crippen LogP contribution in [0.2, 0.25) is 0 Å². The second kappa shape index (κ2) is 11.1. The molecule has 182 valence electrons. The van der Waals surface area contributed by atoms with E-state index in [2.05, 4.69) is 15.8 Å². The molecule has 3 rings (SSSR count). The third kappa shape index (κ3) is 6.32. The molecule has 0 saturated heterocycles. The Hall–Kier alpha value is -4.47. The molecule has 3 aromatic rings. The molecule has 2 amide bonds. The molecular formula is C25H26N4O6. The smallest absolute Gasteiger partial charge is 0.284 e. The second-order valence-corrected chi connectivity index (χ2v) is 8.14. The number of nitro groups is 1. The molecule has 0 bridgehead atoms. The maximum absolute atomic E-state index is 12.6. The summed E-state index contributed by atoms with van der Waals surface area (Å²) in [4.78, 5) is 36.1. The molecular weight excluding hydrogens is 452 g/mol. The predicted molar refractivity (Wildman–Crippen MR) is 130 cm³/mol. The number of aryl methyl sites for hydroxylation is 1. The molecule has 1 heterocycles. The third-order valence-electron chi connectivity index (χ3n) is 5.21. The van der Waals surface area contributed by atoms with Crippen LogP contribution in [-0.4, -0.2) is 36.1 Å². The van der Waals surface area contributed by atoms with Crippen LogP contribution in [0.25, 0.3) is 11.3 Å². The summed E-state index contributed by atoms with van der Waals surface area (Å²) >= 11 is 0. The molecule has 2 aromatic carbocycles. The Labute approximate surface area is 202 Å². The summed E-state index contributed by atoms with van der Waals surface area (Å²) in [5, 5.41) is 18.1. The molecule has 1 aromatic heterocycles. The highest BCUT2D eigenvalue weighted by atomic mass is 16.6. The third-order valence-corrected chi connectivity index (χ3v) is 5.21. The van der Waals surface area contributed by atoms with Gasteiger partial charge >= 0.3 is 0 Å². The fraction of sp³-hybridized carbons (Fsp3) is 0.240. The molecule has 0 aliphatic rings. The molecule has 1 atom stereocenters. The second-order valence-electron chi connectivity index (χ2n) is 8.14. The van der Waals surface area contributed by atoms with Crippen LogP contribution in [0.15, 0.2) is 64.1 Å². The fourth-order valence-electron chi connectivity index (χ4n) is 3.26. The van der Waals surface area contributed by atoms with Gasteiger partial charge in [-0.2, -0.15) is 5.10 Å². The van der Waals surface area contributed by atoms with Crippen molar-refractivity contribution < 1.29 is 23.7 Å². The number of hydrogen-bond donors (Lipinski definition) is 2. The van der Waals surface area contributed by atoms with E-state index >= 15 is 0 Å². The van der Waals surface area contributed by atoms with Crippen molar-refractivity contribution in [2.45, 2.75) is 26.8 Å². The summed E-state index contributed by atoms with van der Waals surface area (Å²) in [5.41, 5.74) is 3.99. The van der Waals surface area contributed by atoms with Crippen LogP contribution in [0.3, 0.4) is 0 Å². The zero-order valence-corrected chi connectivity index (χ0v) is 19.8. The zero-order valence-electron chi connectivity index (χ0n) is 19.8. The maximum atomic E-state index is 12.6. The summed E-state index contributed by atoms with van der Waals surface area (Å²) in [7, 11) is 1.42. The van der Waals surface area contributed by atoms with E-state index in [1.165, 1.54) is 25.5 Å². The number of nitro benzene ring substituents is 1. The first-order valence-corrected chi connectivity index (χ1v) is 10.8. The Morgan fingerprint density at radius 1 is 1.11 bits per heavy atom. The molecule has 0 aliphatic heterocycles. The molecule has 10 nitrogen and oxygen atoms in total. The van der Waals surface area contributed by atoms with E-state index in [9.17, 15) is 19.7 Å². The summed E-state index contributed by atoms with van der Waals surface area (Å²) in [6, 6.07) is 13.8. The lowest BCUT2D eigenvalue weighted by Gasteiger charge is -2.20. The van der Waals surface area contributed by atoms with Crippen molar-refractivity contribution in [1.29, 1.82) is 0 Å². The van der Waals surface area contributed by atoms with Gasteiger partial charge in [-0.25, -0.2) is 5.43 Å². The predicted octanol–water partition coefficient (Wildman–Crippen LogP) is 4.08. The van der Waals surface area contributed by atoms with E-state index in [4.69, 9.17) is 9.15 Å². The number of carbonyl (C=O) groups excluding carboxylic acids is 2. The fourth-order valence-corrected chi connectivity index (χ4v) is 3.26. The van der Waals surface area contributed by atoms with Gasteiger partial charge in [0.2, 0.25) is 0 Å². The van der Waals surface area contributed by atoms with Crippen LogP contribution in [0.4, 0.5) is 5.69 Å². The van der Waals surface area contributed by atoms with E-state index in [0.717, 1.165) is 5.56 Å². The Kier molecular flexibility index (Phi) is 7.98. The topological polar surface area (TPSA) is 136 Å². The quantitative estimate of drug-likeness (QED) is 0.270. The SMILES string of the molecule is COc1ccc(-c2ccc(/C=N\NC(=O)C(NC(=O)c3ccc(C)cc3)C(C)C)o2)c([N+](=O)[O-])c1. The summed E-state index contributed by atoms with van der Waals surface area (Å²) < 4.78 is 10.7. The van der Waals surface area contributed by atoms with Crippen molar-refractivity contribution in [1.82, 2.24) is 10.7 Å². The van der Waals surface area contributed by atoms with Crippen molar-refractivity contribution in [3.8, 4) is 17.1 Å². The largest absolute Gasteiger partial charge is 0.497 e. The van der Waals surface area contributed by atoms with Crippen molar-refractivity contribution in [3.05, 3.63) is 81.6 Å². The van der Waals surface area contributed by atoms with Gasteiger partial charge in [-0.1, -0.05) is 31.5 Å². The van der Waals surface area contributed by atoms with E-state index in [-0.39, 0.29) is 34.6 Å². The van der Waals surface area contributed by atoms with Gasteiger partial charge in [0.25, 0.3) is 17.5 Å². The first-order valence-electron chi connectivity index (χ1n) is 10.8. The summed E-state index contributed by atoms with van der Waals surface area (Å²) in [6.07, 6.45) is 1.27. The number of furan rings is 1. The van der Waals surface area contributed by atoms with Gasteiger partial charge in [-0.05, 0) is 49.2 Å². The van der Waals surface area contributed by atoms with E-state index < -0.39 is 16.9 Å². The average Bonchev–Trinajstić information content (AvgIpc) is 3.30. The Morgan fingerprint density at radius 2 is 1.83 bits per heavy atom. The number of ether oxygens (including phenoxy) is 1. The van der Waals surface area contributed by atoms with Gasteiger partial charge in [0, 0.05) is 5.56 Å². The molecule has 0 saturated carbocycles. The average molecular weight is 479 g/mol. The molecule has 0 spiro atoms. The van der Waals surface area contributed by atoms with Crippen LogP contribution >= 0.6 is 0 Å². The molecule has 2 N–H and O–H groups in total. The minimum absolute atomic E-state index is 0.167. The van der Waals surface area contributed by atoms with Gasteiger partial charge in [0.05, 0.1) is 29.9 Å². The molecule has 0 aliphatic carbocycles. The minimum Gasteiger partial charge on any atom is -0.497 e. The normalized spacial score (nSPS) is 11.9. The van der Waals surface area contributed by atoms with E-state index in [1.54, 1.807) is 30.3 Å². The number of hydrogen-bond acceptors (Lipinski definition) is 7. The van der Waals surface area contributed by atoms with Crippen LogP contribution in [-0.2, 0) is 4.79 Å². The van der Waals surface area contributed by atoms with Gasteiger partial charge in [0.15, 0.2) is 0 Å². The highest BCUT2D eigenvalue weighted by molar-refractivity contribution is 5.97. The molecule has 35 heavy (non-hydrogen) atoms. The summed E-state index contributed by atoms with van der Waals surface area (Å²) in [5.74, 6) is -0.155. The Bertz CT molecular complexity index is 1250. The standard InChI is InChI=1S/C25H26N4O6/c1-15(2)23(27-24(30)17-7-5-16(3)6-8-17)25(31)28-26-14-19-10-12-22(35-19)20-11-9-18(34-4)13-21(20)29(32)33/h5-15,23H,1-4H3,(H,27,30)(H,28,31)/b26-14-. The number of hydrazone groups is 1. The monoisotopic (exact) mass is 478 g/mol. The van der Waals surface area contributed by atoms with Crippen molar-refractivity contribution in [2.75, 3.05) is 7.11 Å². The van der Waals surface area contributed by atoms with Crippen molar-refractivity contribution in [2.24, 2.45) is 11.0 Å². The number of carbonyl (C=O) groups is 2. The lowest BCUT2D eigenvalue weighted by atomic mass is 10.0. The lowest BCUT2D eigenvalue weighted by molar-refractivity contribution is -0.384. The lowest BCUT2D eigenvalue weighted by Crippen LogP contribution is -2.48. The van der Waals surface area contributed by atoms with Gasteiger partial charge in [-0.3, -0.25) is 19.7 Å². The number of methoxy groups -OCH3 is 1. The van der Waals surface area contributed by atoms with Crippen LogP contribution in [0.1, 0.15) is 35.5 Å². The van der Waals surface area contributed by atoms with Gasteiger partial charge in [0.1, 0.15) is 23.3 Å².